The van der Waals surface area contributed by atoms with Crippen molar-refractivity contribution in [1.82, 2.24) is 9.47 Å². The smallest absolute Gasteiger partial charge is 0.298 e. The maximum absolute atomic E-state index is 11.4. The number of hydrogen-bond donors (Lipinski definition) is 2. The van der Waals surface area contributed by atoms with Crippen LogP contribution in [0.2, 0.25) is 0 Å². The topological polar surface area (TPSA) is 133 Å². The van der Waals surface area contributed by atoms with Crippen molar-refractivity contribution in [2.45, 2.75) is 292 Å². The summed E-state index contributed by atoms with van der Waals surface area (Å²) >= 11 is 0. The van der Waals surface area contributed by atoms with Crippen molar-refractivity contribution >= 4 is 33.5 Å². The number of quaternary nitrogens is 2. The molecular weight excluding hydrogens is 1070 g/mol. The minimum atomic E-state index is -3.84. The molecule has 1 aromatic heterocycles. The van der Waals surface area contributed by atoms with Gasteiger partial charge >= 0.3 is 0 Å². The predicted molar refractivity (Wildman–Crippen MR) is 360 cm³/mol. The van der Waals surface area contributed by atoms with Crippen molar-refractivity contribution in [3.8, 4) is 0 Å². The standard InChI is InChI=1S/C27H57O3PS.C25H54N.C7H18N3.C7H12N2O3S/c1-4-7-10-13-16-19-23-31(26-22-27-32(28,29)30,24-20-17-14-11-8-5-2)25-21-18-15-12-9-6-3;1-5-8-11-14-17-20-23-26(4,24-21-18-15-12-9-6-2)25-22-19-16-13-10-7-3;1-8-7(9(2)3)10(4,5)6;1-8-4-5-9(7-8)3-2-6-13(10,11)12/h4-27H2,1-3H3;5-25H2,1-4H3;1-6H3;4-5,7H,2-3,6H2,1H3/q;2*+1;/p+2. The fourth-order valence-corrected chi connectivity index (χ4v) is 17.3. The lowest BCUT2D eigenvalue weighted by Gasteiger charge is -2.35. The Kier molecular flexibility index (Phi) is 57.5. The van der Waals surface area contributed by atoms with Crippen LogP contribution in [0.3, 0.4) is 0 Å². The van der Waals surface area contributed by atoms with Crippen molar-refractivity contribution in [2.75, 3.05) is 105 Å². The van der Waals surface area contributed by atoms with Crippen LogP contribution in [0.5, 0.6) is 0 Å². The molecule has 81 heavy (non-hydrogen) atoms. The Balaban J connectivity index is -0.00000110. The molecule has 0 spiro atoms. The first-order valence-electron chi connectivity index (χ1n) is 34.0. The molecule has 0 unspecified atom stereocenters. The van der Waals surface area contributed by atoms with E-state index in [0.29, 0.717) is 19.4 Å². The number of rotatable bonds is 50. The molecule has 1 aromatic rings. The Hall–Kier alpha value is -1.15. The number of aromatic nitrogens is 2. The SMILES string of the molecule is CCCCCCCC[N+](C)(CCCCCCCC)CCCCCCCC.CCCCCCCC[P+](CCCCCCCC)(CCCCCCCC)CCCS(=O)(=O)O.CN=C(N(C)C)[N+](C)(C)C.C[n+]1ccn(CCCS(=O)(=O)O)c1. The van der Waals surface area contributed by atoms with Gasteiger partial charge in [0.2, 0.25) is 6.33 Å². The Morgan fingerprint density at radius 1 is 0.469 bits per heavy atom. The highest BCUT2D eigenvalue weighted by atomic mass is 32.2. The molecule has 486 valence electrons. The first-order valence-corrected chi connectivity index (χ1v) is 39.7. The van der Waals surface area contributed by atoms with Crippen LogP contribution in [0, 0.1) is 0 Å². The van der Waals surface area contributed by atoms with Gasteiger partial charge in [0.05, 0.1) is 97.6 Å². The van der Waals surface area contributed by atoms with Crippen molar-refractivity contribution in [1.29, 1.82) is 0 Å². The summed E-state index contributed by atoms with van der Waals surface area (Å²) in [5, 5.41) is 0. The average molecular weight is 1210 g/mol. The van der Waals surface area contributed by atoms with Crippen molar-refractivity contribution < 1.29 is 39.5 Å². The molecule has 0 atom stereocenters. The van der Waals surface area contributed by atoms with Crippen molar-refractivity contribution in [3.05, 3.63) is 18.7 Å². The molecule has 0 aromatic carbocycles. The van der Waals surface area contributed by atoms with E-state index in [9.17, 15) is 21.4 Å². The summed E-state index contributed by atoms with van der Waals surface area (Å²) in [4.78, 5) is 6.20. The predicted octanol–water partition coefficient (Wildman–Crippen LogP) is 17.7. The van der Waals surface area contributed by atoms with Crippen LogP contribution in [0.4, 0.5) is 0 Å². The Bertz CT molecular complexity index is 1670. The van der Waals surface area contributed by atoms with Gasteiger partial charge in [-0.2, -0.15) is 16.8 Å². The maximum Gasteiger partial charge on any atom is 0.298 e. The summed E-state index contributed by atoms with van der Waals surface area (Å²) in [6.07, 6.45) is 61.7. The molecule has 15 heteroatoms. The molecule has 0 aliphatic rings. The summed E-state index contributed by atoms with van der Waals surface area (Å²) in [7, 11) is 7.81. The van der Waals surface area contributed by atoms with E-state index in [1.54, 1.807) is 0 Å². The van der Waals surface area contributed by atoms with Gasteiger partial charge in [-0.15, -0.1) is 0 Å². The van der Waals surface area contributed by atoms with Gasteiger partial charge in [0, 0.05) is 34.8 Å². The van der Waals surface area contributed by atoms with Crippen LogP contribution in [0.25, 0.3) is 0 Å². The summed E-state index contributed by atoms with van der Waals surface area (Å²) in [5.74, 6) is 0.840. The van der Waals surface area contributed by atoms with Gasteiger partial charge in [-0.05, 0) is 83.5 Å². The highest BCUT2D eigenvalue weighted by Crippen LogP contribution is 2.61. The molecule has 0 bridgehead atoms. The largest absolute Gasteiger partial charge is 0.326 e. The molecule has 0 aliphatic heterocycles. The van der Waals surface area contributed by atoms with Crippen molar-refractivity contribution in [3.63, 3.8) is 0 Å². The number of unbranched alkanes of at least 4 members (excludes halogenated alkanes) is 30. The fourth-order valence-electron chi connectivity index (χ4n) is 11.3. The summed E-state index contributed by atoms with van der Waals surface area (Å²) in [6, 6.07) is 0. The number of aryl methyl sites for hydroxylation is 2. The van der Waals surface area contributed by atoms with Crippen LogP contribution in [0.15, 0.2) is 23.7 Å². The second kappa shape index (κ2) is 55.4. The number of hydrogen-bond acceptors (Lipinski definition) is 5. The number of guanidine groups is 1. The molecule has 0 aliphatic carbocycles. The van der Waals surface area contributed by atoms with Gasteiger partial charge in [-0.3, -0.25) is 13.6 Å². The average Bonchev–Trinajstić information content (AvgIpc) is 3.83. The first kappa shape index (κ1) is 84.1. The lowest BCUT2D eigenvalue weighted by Crippen LogP contribution is -2.48. The zero-order chi connectivity index (χ0) is 61.6. The second-order valence-corrected chi connectivity index (χ2v) is 33.3. The van der Waals surface area contributed by atoms with E-state index in [4.69, 9.17) is 4.55 Å². The van der Waals surface area contributed by atoms with E-state index in [2.05, 4.69) is 74.7 Å². The minimum Gasteiger partial charge on any atom is -0.326 e. The molecular formula is C66H143N6O6PS2+4. The highest BCUT2D eigenvalue weighted by Gasteiger charge is 2.35. The molecule has 0 radical (unpaired) electrons. The molecule has 0 fully saturated rings. The Labute approximate surface area is 507 Å². The molecule has 1 heterocycles. The van der Waals surface area contributed by atoms with Crippen LogP contribution in [-0.4, -0.2) is 155 Å². The maximum atomic E-state index is 11.4. The quantitative estimate of drug-likeness (QED) is 0.0126. The third-order valence-electron chi connectivity index (χ3n) is 16.0. The van der Waals surface area contributed by atoms with Gasteiger partial charge in [0.1, 0.15) is 12.4 Å². The molecule has 1 rings (SSSR count). The molecule has 0 saturated carbocycles. The molecule has 0 saturated heterocycles. The van der Waals surface area contributed by atoms with E-state index in [0.717, 1.165) is 16.6 Å². The number of imidazole rings is 1. The van der Waals surface area contributed by atoms with E-state index < -0.39 is 27.5 Å². The molecule has 0 amide bonds. The van der Waals surface area contributed by atoms with Crippen LogP contribution < -0.4 is 4.57 Å². The second-order valence-electron chi connectivity index (χ2n) is 25.7. The monoisotopic (exact) mass is 1210 g/mol. The van der Waals surface area contributed by atoms with Gasteiger partial charge in [-0.1, -0.05) is 196 Å². The summed E-state index contributed by atoms with van der Waals surface area (Å²) in [6.45, 7) is 18.6. The van der Waals surface area contributed by atoms with Gasteiger partial charge in [-0.25, -0.2) is 14.1 Å². The van der Waals surface area contributed by atoms with E-state index in [-0.39, 0.29) is 11.5 Å². The van der Waals surface area contributed by atoms with E-state index in [1.807, 2.05) is 60.9 Å². The Morgan fingerprint density at radius 2 is 0.753 bits per heavy atom. The van der Waals surface area contributed by atoms with Crippen molar-refractivity contribution in [2.24, 2.45) is 12.0 Å². The zero-order valence-electron chi connectivity index (χ0n) is 56.6. The van der Waals surface area contributed by atoms with Crippen LogP contribution in [0.1, 0.15) is 286 Å². The van der Waals surface area contributed by atoms with E-state index >= 15 is 0 Å². The zero-order valence-corrected chi connectivity index (χ0v) is 59.2. The summed E-state index contributed by atoms with van der Waals surface area (Å²) < 4.78 is 67.1. The summed E-state index contributed by atoms with van der Waals surface area (Å²) in [5.41, 5.74) is 0. The number of aliphatic imine (C=N–C) groups is 1. The fraction of sp³-hybridized carbons (Fsp3) is 0.939. The highest BCUT2D eigenvalue weighted by molar-refractivity contribution is 7.86. The normalized spacial score (nSPS) is 12.4. The van der Waals surface area contributed by atoms with Gasteiger partial charge in [0.25, 0.3) is 26.2 Å². The molecule has 12 nitrogen and oxygen atoms in total. The van der Waals surface area contributed by atoms with Crippen LogP contribution >= 0.6 is 7.26 Å². The lowest BCUT2D eigenvalue weighted by atomic mass is 10.1. The Morgan fingerprint density at radius 3 is 1.00 bits per heavy atom. The number of nitrogens with zero attached hydrogens (tertiary/aromatic N) is 6. The third-order valence-corrected chi connectivity index (χ3v) is 22.7. The molecule has 2 N–H and O–H groups in total. The van der Waals surface area contributed by atoms with E-state index in [1.165, 1.54) is 274 Å². The minimum absolute atomic E-state index is 0.0434. The van der Waals surface area contributed by atoms with Gasteiger partial charge < -0.3 is 9.38 Å². The van der Waals surface area contributed by atoms with Gasteiger partial charge in [0.15, 0.2) is 0 Å². The van der Waals surface area contributed by atoms with Crippen LogP contribution in [-0.2, 0) is 33.8 Å². The first-order chi connectivity index (χ1) is 38.4. The lowest BCUT2D eigenvalue weighted by molar-refractivity contribution is -0.910. The third kappa shape index (κ3) is 59.0.